The Hall–Kier alpha value is -3.08. The maximum absolute atomic E-state index is 13.0. The van der Waals surface area contributed by atoms with Crippen molar-refractivity contribution in [2.45, 2.75) is 11.4 Å². The Morgan fingerprint density at radius 2 is 1.78 bits per heavy atom. The SMILES string of the molecule is O=C(COC(=O)c1cc(S(=O)(=O)Nc2ccc(F)cc2)c(Cl)cc1Cl)NCc1ccco1. The molecule has 3 aromatic rings. The largest absolute Gasteiger partial charge is 0.467 e. The van der Waals surface area contributed by atoms with E-state index in [4.69, 9.17) is 32.4 Å². The lowest BCUT2D eigenvalue weighted by atomic mass is 10.2. The number of anilines is 1. The average molecular weight is 501 g/mol. The van der Waals surface area contributed by atoms with Gasteiger partial charge in [-0.2, -0.15) is 0 Å². The first-order valence-electron chi connectivity index (χ1n) is 8.89. The second kappa shape index (κ2) is 10.0. The maximum Gasteiger partial charge on any atom is 0.340 e. The highest BCUT2D eigenvalue weighted by atomic mass is 35.5. The fourth-order valence-corrected chi connectivity index (χ4v) is 4.39. The lowest BCUT2D eigenvalue weighted by Gasteiger charge is -2.12. The molecule has 0 unspecified atom stereocenters. The predicted octanol–water partition coefficient (Wildman–Crippen LogP) is 4.00. The minimum absolute atomic E-state index is 0.0785. The van der Waals surface area contributed by atoms with Gasteiger partial charge in [-0.05, 0) is 48.5 Å². The van der Waals surface area contributed by atoms with E-state index >= 15 is 0 Å². The second-order valence-electron chi connectivity index (χ2n) is 6.31. The summed E-state index contributed by atoms with van der Waals surface area (Å²) in [6.07, 6.45) is 1.45. The van der Waals surface area contributed by atoms with Crippen LogP contribution in [-0.4, -0.2) is 26.9 Å². The van der Waals surface area contributed by atoms with E-state index in [0.717, 1.165) is 24.3 Å². The van der Waals surface area contributed by atoms with Crippen molar-refractivity contribution in [3.05, 3.63) is 82.0 Å². The summed E-state index contributed by atoms with van der Waals surface area (Å²) in [5.41, 5.74) is -0.232. The fraction of sp³-hybridized carbons (Fsp3) is 0.100. The number of carbonyl (C=O) groups is 2. The number of ether oxygens (including phenoxy) is 1. The van der Waals surface area contributed by atoms with E-state index in [1.807, 2.05) is 0 Å². The van der Waals surface area contributed by atoms with E-state index in [9.17, 15) is 22.4 Å². The minimum atomic E-state index is -4.26. The van der Waals surface area contributed by atoms with E-state index < -0.39 is 39.2 Å². The molecule has 1 aromatic heterocycles. The highest BCUT2D eigenvalue weighted by molar-refractivity contribution is 7.92. The Bertz CT molecular complexity index is 1230. The molecule has 8 nitrogen and oxygen atoms in total. The molecule has 0 spiro atoms. The Labute approximate surface area is 192 Å². The molecule has 0 aliphatic heterocycles. The van der Waals surface area contributed by atoms with Gasteiger partial charge in [0.2, 0.25) is 0 Å². The zero-order valence-electron chi connectivity index (χ0n) is 16.1. The first-order chi connectivity index (χ1) is 15.2. The third-order valence-electron chi connectivity index (χ3n) is 4.00. The summed E-state index contributed by atoms with van der Waals surface area (Å²) in [4.78, 5) is 23.8. The number of hydrogen-bond acceptors (Lipinski definition) is 6. The van der Waals surface area contributed by atoms with Gasteiger partial charge >= 0.3 is 5.97 Å². The smallest absolute Gasteiger partial charge is 0.340 e. The number of amides is 1. The van der Waals surface area contributed by atoms with Gasteiger partial charge in [-0.15, -0.1) is 0 Å². The summed E-state index contributed by atoms with van der Waals surface area (Å²) in [6.45, 7) is -0.531. The molecule has 0 bridgehead atoms. The van der Waals surface area contributed by atoms with Crippen molar-refractivity contribution < 1.29 is 31.6 Å². The quantitative estimate of drug-likeness (QED) is 0.451. The molecule has 0 saturated heterocycles. The molecular weight excluding hydrogens is 486 g/mol. The third-order valence-corrected chi connectivity index (χ3v) is 6.16. The molecule has 0 saturated carbocycles. The summed E-state index contributed by atoms with van der Waals surface area (Å²) in [5.74, 6) is -1.67. The second-order valence-corrected chi connectivity index (χ2v) is 8.77. The van der Waals surface area contributed by atoms with Gasteiger partial charge in [0.15, 0.2) is 6.61 Å². The van der Waals surface area contributed by atoms with Crippen LogP contribution in [0.15, 0.2) is 64.1 Å². The predicted molar refractivity (Wildman–Crippen MR) is 115 cm³/mol. The molecule has 1 amide bonds. The van der Waals surface area contributed by atoms with Crippen LogP contribution in [0.2, 0.25) is 10.0 Å². The third kappa shape index (κ3) is 6.00. The molecule has 12 heteroatoms. The number of benzene rings is 2. The maximum atomic E-state index is 13.0. The first kappa shape index (κ1) is 23.6. The zero-order valence-corrected chi connectivity index (χ0v) is 18.4. The van der Waals surface area contributed by atoms with Crippen LogP contribution in [0.3, 0.4) is 0 Å². The van der Waals surface area contributed by atoms with Gasteiger partial charge in [0, 0.05) is 5.69 Å². The summed E-state index contributed by atoms with van der Waals surface area (Å²) in [5, 5.41) is 2.06. The number of hydrogen-bond donors (Lipinski definition) is 2. The molecule has 168 valence electrons. The minimum Gasteiger partial charge on any atom is -0.467 e. The van der Waals surface area contributed by atoms with Crippen molar-refractivity contribution >= 4 is 50.8 Å². The molecule has 3 rings (SSSR count). The summed E-state index contributed by atoms with van der Waals surface area (Å²) in [7, 11) is -4.26. The number of esters is 1. The van der Waals surface area contributed by atoms with E-state index in [-0.39, 0.29) is 27.8 Å². The van der Waals surface area contributed by atoms with Crippen molar-refractivity contribution in [2.75, 3.05) is 11.3 Å². The van der Waals surface area contributed by atoms with Gasteiger partial charge < -0.3 is 14.5 Å². The van der Waals surface area contributed by atoms with Crippen molar-refractivity contribution in [3.63, 3.8) is 0 Å². The Morgan fingerprint density at radius 3 is 2.44 bits per heavy atom. The Morgan fingerprint density at radius 1 is 1.06 bits per heavy atom. The lowest BCUT2D eigenvalue weighted by molar-refractivity contribution is -0.124. The number of sulfonamides is 1. The van der Waals surface area contributed by atoms with Crippen LogP contribution >= 0.6 is 23.2 Å². The molecule has 0 fully saturated rings. The molecule has 32 heavy (non-hydrogen) atoms. The number of rotatable bonds is 8. The zero-order chi connectivity index (χ0) is 23.3. The summed E-state index contributed by atoms with van der Waals surface area (Å²) < 4.78 is 50.6. The first-order valence-corrected chi connectivity index (χ1v) is 11.1. The topological polar surface area (TPSA) is 115 Å². The molecule has 1 heterocycles. The van der Waals surface area contributed by atoms with Crippen LogP contribution in [0, 0.1) is 5.82 Å². The lowest BCUT2D eigenvalue weighted by Crippen LogP contribution is -2.28. The van der Waals surface area contributed by atoms with Gasteiger partial charge in [-0.1, -0.05) is 23.2 Å². The molecule has 0 aliphatic rings. The Kier molecular flexibility index (Phi) is 7.39. The summed E-state index contributed by atoms with van der Waals surface area (Å²) in [6, 6.07) is 9.88. The molecule has 0 aliphatic carbocycles. The highest BCUT2D eigenvalue weighted by Crippen LogP contribution is 2.30. The number of carbonyl (C=O) groups excluding carboxylic acids is 2. The molecule has 0 atom stereocenters. The van der Waals surface area contributed by atoms with E-state index in [1.165, 1.54) is 18.4 Å². The normalized spacial score (nSPS) is 11.1. The van der Waals surface area contributed by atoms with Crippen molar-refractivity contribution in [1.82, 2.24) is 5.32 Å². The van der Waals surface area contributed by atoms with Crippen molar-refractivity contribution in [1.29, 1.82) is 0 Å². The van der Waals surface area contributed by atoms with Crippen LogP contribution in [-0.2, 0) is 26.1 Å². The van der Waals surface area contributed by atoms with Gasteiger partial charge in [-0.3, -0.25) is 9.52 Å². The van der Waals surface area contributed by atoms with E-state index in [0.29, 0.717) is 5.76 Å². The van der Waals surface area contributed by atoms with Crippen LogP contribution < -0.4 is 10.0 Å². The molecular formula is C20H15Cl2FN2O6S. The van der Waals surface area contributed by atoms with Gasteiger partial charge in [0.05, 0.1) is 28.4 Å². The van der Waals surface area contributed by atoms with Crippen LogP contribution in [0.1, 0.15) is 16.1 Å². The Balaban J connectivity index is 1.71. The fourth-order valence-electron chi connectivity index (χ4n) is 2.48. The van der Waals surface area contributed by atoms with Crippen molar-refractivity contribution in [2.24, 2.45) is 0 Å². The number of nitrogens with one attached hydrogen (secondary N) is 2. The van der Waals surface area contributed by atoms with Crippen LogP contribution in [0.25, 0.3) is 0 Å². The standard InChI is InChI=1S/C20H15Cl2FN2O6S/c21-16-9-17(22)18(32(28,29)25-13-5-3-12(23)4-6-13)8-15(16)20(27)31-11-19(26)24-10-14-2-1-7-30-14/h1-9,25H,10-11H2,(H,24,26). The van der Waals surface area contributed by atoms with Crippen molar-refractivity contribution in [3.8, 4) is 0 Å². The van der Waals surface area contributed by atoms with Crippen LogP contribution in [0.5, 0.6) is 0 Å². The van der Waals surface area contributed by atoms with Crippen LogP contribution in [0.4, 0.5) is 10.1 Å². The average Bonchev–Trinajstić information content (AvgIpc) is 3.25. The van der Waals surface area contributed by atoms with E-state index in [2.05, 4.69) is 10.0 Å². The number of furan rings is 1. The molecule has 0 radical (unpaired) electrons. The van der Waals surface area contributed by atoms with Gasteiger partial charge in [0.25, 0.3) is 15.9 Å². The van der Waals surface area contributed by atoms with E-state index in [1.54, 1.807) is 12.1 Å². The van der Waals surface area contributed by atoms with Gasteiger partial charge in [-0.25, -0.2) is 17.6 Å². The summed E-state index contributed by atoms with van der Waals surface area (Å²) >= 11 is 12.0. The molecule has 2 N–H and O–H groups in total. The van der Waals surface area contributed by atoms with Gasteiger partial charge in [0.1, 0.15) is 16.5 Å². The number of halogens is 3. The monoisotopic (exact) mass is 500 g/mol. The molecule has 2 aromatic carbocycles. The highest BCUT2D eigenvalue weighted by Gasteiger charge is 2.24.